The predicted molar refractivity (Wildman–Crippen MR) is 110 cm³/mol. The van der Waals surface area contributed by atoms with E-state index in [9.17, 15) is 13.2 Å². The molecule has 0 aliphatic carbocycles. The highest BCUT2D eigenvalue weighted by Crippen LogP contribution is 2.34. The average Bonchev–Trinajstić information content (AvgIpc) is 3.33. The standard InChI is InChI=1S/C19H22N4O4S2/c1-22-14-5-4-6-16(27-2)13(14)11-15(22)18(24)23-9-7-12(8-10-23)17-19(28-21-20-17)29(3,25)26/h4-6,11-12H,7-10H2,1-3H3. The van der Waals surface area contributed by atoms with Crippen LogP contribution in [0.5, 0.6) is 5.75 Å². The molecule has 3 aromatic rings. The summed E-state index contributed by atoms with van der Waals surface area (Å²) in [6.45, 7) is 1.09. The molecule has 1 aliphatic heterocycles. The number of aryl methyl sites for hydroxylation is 1. The molecule has 8 nitrogen and oxygen atoms in total. The highest BCUT2D eigenvalue weighted by atomic mass is 32.2. The lowest BCUT2D eigenvalue weighted by atomic mass is 9.94. The van der Waals surface area contributed by atoms with Crippen molar-refractivity contribution in [2.24, 2.45) is 7.05 Å². The molecule has 0 bridgehead atoms. The van der Waals surface area contributed by atoms with Crippen molar-refractivity contribution in [2.75, 3.05) is 26.5 Å². The Labute approximate surface area is 173 Å². The van der Waals surface area contributed by atoms with Gasteiger partial charge in [-0.05, 0) is 31.0 Å². The van der Waals surface area contributed by atoms with Gasteiger partial charge in [-0.3, -0.25) is 4.79 Å². The van der Waals surface area contributed by atoms with E-state index < -0.39 is 9.84 Å². The van der Waals surface area contributed by atoms with Gasteiger partial charge in [0.1, 0.15) is 11.4 Å². The summed E-state index contributed by atoms with van der Waals surface area (Å²) in [5, 5.41) is 4.97. The van der Waals surface area contributed by atoms with Crippen LogP contribution in [0, 0.1) is 0 Å². The molecule has 1 aromatic carbocycles. The molecule has 0 unspecified atom stereocenters. The van der Waals surface area contributed by atoms with E-state index in [0.29, 0.717) is 37.3 Å². The highest BCUT2D eigenvalue weighted by molar-refractivity contribution is 7.92. The van der Waals surface area contributed by atoms with Gasteiger partial charge >= 0.3 is 0 Å². The van der Waals surface area contributed by atoms with E-state index in [1.165, 1.54) is 6.26 Å². The minimum Gasteiger partial charge on any atom is -0.496 e. The van der Waals surface area contributed by atoms with E-state index in [1.54, 1.807) is 7.11 Å². The Morgan fingerprint density at radius 1 is 1.28 bits per heavy atom. The van der Waals surface area contributed by atoms with Crippen molar-refractivity contribution < 1.29 is 17.9 Å². The first-order valence-electron chi connectivity index (χ1n) is 9.25. The number of rotatable bonds is 4. The Bertz CT molecular complexity index is 1170. The van der Waals surface area contributed by atoms with Gasteiger partial charge in [-0.25, -0.2) is 8.42 Å². The summed E-state index contributed by atoms with van der Waals surface area (Å²) in [4.78, 5) is 15.0. The molecule has 0 N–H and O–H groups in total. The number of benzene rings is 1. The first-order valence-corrected chi connectivity index (χ1v) is 11.9. The second-order valence-corrected chi connectivity index (χ2v) is 10.2. The number of hydrogen-bond acceptors (Lipinski definition) is 7. The Hall–Kier alpha value is -2.46. The van der Waals surface area contributed by atoms with Gasteiger partial charge in [-0.15, -0.1) is 5.10 Å². The number of piperidine rings is 1. The first-order chi connectivity index (χ1) is 13.8. The lowest BCUT2D eigenvalue weighted by Crippen LogP contribution is -2.38. The fourth-order valence-corrected chi connectivity index (χ4v) is 5.66. The average molecular weight is 435 g/mol. The van der Waals surface area contributed by atoms with Crippen molar-refractivity contribution in [3.63, 3.8) is 0 Å². The number of fused-ring (bicyclic) bond motifs is 1. The first kappa shape index (κ1) is 19.8. The van der Waals surface area contributed by atoms with E-state index >= 15 is 0 Å². The molecule has 10 heteroatoms. The van der Waals surface area contributed by atoms with Crippen LogP contribution in [0.15, 0.2) is 28.5 Å². The molecule has 3 heterocycles. The number of hydrogen-bond donors (Lipinski definition) is 0. The maximum Gasteiger partial charge on any atom is 0.270 e. The number of likely N-dealkylation sites (tertiary alicyclic amines) is 1. The van der Waals surface area contributed by atoms with Crippen molar-refractivity contribution in [3.05, 3.63) is 35.7 Å². The molecule has 1 aliphatic rings. The SMILES string of the molecule is COc1cccc2c1cc(C(=O)N1CCC(c3nnsc3S(C)(=O)=O)CC1)n2C. The normalized spacial score (nSPS) is 15.8. The number of nitrogens with zero attached hydrogens (tertiary/aromatic N) is 4. The van der Waals surface area contributed by atoms with Crippen molar-refractivity contribution >= 4 is 38.2 Å². The highest BCUT2D eigenvalue weighted by Gasteiger charge is 2.31. The largest absolute Gasteiger partial charge is 0.496 e. The van der Waals surface area contributed by atoms with Crippen LogP contribution in [-0.4, -0.2) is 59.8 Å². The van der Waals surface area contributed by atoms with Crippen LogP contribution in [0.2, 0.25) is 0 Å². The molecule has 1 saturated heterocycles. The number of carbonyl (C=O) groups excluding carboxylic acids is 1. The molecular formula is C19H22N4O4S2. The second-order valence-electron chi connectivity index (χ2n) is 7.27. The molecule has 0 atom stereocenters. The minimum absolute atomic E-state index is 0.00453. The number of sulfone groups is 1. The van der Waals surface area contributed by atoms with Crippen molar-refractivity contribution in [1.82, 2.24) is 19.1 Å². The maximum atomic E-state index is 13.2. The van der Waals surface area contributed by atoms with Gasteiger partial charge in [-0.1, -0.05) is 10.6 Å². The summed E-state index contributed by atoms with van der Waals surface area (Å²) in [7, 11) is 0.152. The van der Waals surface area contributed by atoms with Crippen molar-refractivity contribution in [1.29, 1.82) is 0 Å². The number of amides is 1. The molecular weight excluding hydrogens is 412 g/mol. The predicted octanol–water partition coefficient (Wildman–Crippen LogP) is 2.46. The molecule has 1 fully saturated rings. The third-order valence-electron chi connectivity index (χ3n) is 5.47. The van der Waals surface area contributed by atoms with Crippen LogP contribution >= 0.6 is 11.5 Å². The second kappa shape index (κ2) is 7.42. The lowest BCUT2D eigenvalue weighted by Gasteiger charge is -2.31. The van der Waals surface area contributed by atoms with Crippen LogP contribution in [0.25, 0.3) is 10.9 Å². The van der Waals surface area contributed by atoms with Gasteiger partial charge < -0.3 is 14.2 Å². The maximum absolute atomic E-state index is 13.2. The summed E-state index contributed by atoms with van der Waals surface area (Å²) < 4.78 is 35.3. The van der Waals surface area contributed by atoms with Gasteiger partial charge in [0, 0.05) is 49.2 Å². The molecule has 29 heavy (non-hydrogen) atoms. The third-order valence-corrected chi connectivity index (χ3v) is 8.03. The summed E-state index contributed by atoms with van der Waals surface area (Å²) >= 11 is 0.917. The van der Waals surface area contributed by atoms with Crippen LogP contribution in [0.4, 0.5) is 0 Å². The van der Waals surface area contributed by atoms with Crippen LogP contribution in [0.1, 0.15) is 34.9 Å². The summed E-state index contributed by atoms with van der Waals surface area (Å²) in [6.07, 6.45) is 2.50. The number of ether oxygens (including phenoxy) is 1. The number of carbonyl (C=O) groups is 1. The quantitative estimate of drug-likeness (QED) is 0.626. The van der Waals surface area contributed by atoms with E-state index in [0.717, 1.165) is 28.2 Å². The number of aromatic nitrogens is 3. The fourth-order valence-electron chi connectivity index (χ4n) is 3.93. The van der Waals surface area contributed by atoms with Gasteiger partial charge in [0.05, 0.1) is 18.3 Å². The van der Waals surface area contributed by atoms with Gasteiger partial charge in [0.2, 0.25) is 0 Å². The zero-order valence-electron chi connectivity index (χ0n) is 16.5. The lowest BCUT2D eigenvalue weighted by molar-refractivity contribution is 0.0702. The molecule has 4 rings (SSSR count). The Balaban J connectivity index is 1.54. The smallest absolute Gasteiger partial charge is 0.270 e. The molecule has 0 radical (unpaired) electrons. The molecule has 2 aromatic heterocycles. The van der Waals surface area contributed by atoms with Crippen LogP contribution < -0.4 is 4.74 Å². The Morgan fingerprint density at radius 3 is 2.66 bits per heavy atom. The zero-order chi connectivity index (χ0) is 20.8. The third kappa shape index (κ3) is 3.51. The Kier molecular flexibility index (Phi) is 5.07. The topological polar surface area (TPSA) is 94.4 Å². The fraction of sp³-hybridized carbons (Fsp3) is 0.421. The van der Waals surface area contributed by atoms with Crippen molar-refractivity contribution in [3.8, 4) is 5.75 Å². The summed E-state index contributed by atoms with van der Waals surface area (Å²) in [5.74, 6) is 0.694. The molecule has 1 amide bonds. The monoisotopic (exact) mass is 434 g/mol. The van der Waals surface area contributed by atoms with E-state index in [1.807, 2.05) is 40.8 Å². The van der Waals surface area contributed by atoms with E-state index in [2.05, 4.69) is 9.59 Å². The van der Waals surface area contributed by atoms with Crippen LogP contribution in [-0.2, 0) is 16.9 Å². The number of methoxy groups -OCH3 is 1. The van der Waals surface area contributed by atoms with Gasteiger partial charge in [0.15, 0.2) is 14.0 Å². The molecule has 154 valence electrons. The van der Waals surface area contributed by atoms with E-state index in [-0.39, 0.29) is 16.0 Å². The summed E-state index contributed by atoms with van der Waals surface area (Å²) in [6, 6.07) is 7.61. The van der Waals surface area contributed by atoms with E-state index in [4.69, 9.17) is 4.74 Å². The zero-order valence-corrected chi connectivity index (χ0v) is 18.1. The van der Waals surface area contributed by atoms with Gasteiger partial charge in [-0.2, -0.15) is 0 Å². The molecule has 0 spiro atoms. The molecule has 0 saturated carbocycles. The van der Waals surface area contributed by atoms with Gasteiger partial charge in [0.25, 0.3) is 5.91 Å². The van der Waals surface area contributed by atoms with Crippen LogP contribution in [0.3, 0.4) is 0 Å². The minimum atomic E-state index is -3.34. The summed E-state index contributed by atoms with van der Waals surface area (Å²) in [5.41, 5.74) is 2.09. The van der Waals surface area contributed by atoms with Crippen molar-refractivity contribution in [2.45, 2.75) is 23.0 Å². The Morgan fingerprint density at radius 2 is 2.00 bits per heavy atom.